The zero-order chi connectivity index (χ0) is 21.5. The van der Waals surface area contributed by atoms with Crippen LogP contribution in [0.2, 0.25) is 0 Å². The second-order valence-electron chi connectivity index (χ2n) is 6.68. The third-order valence-electron chi connectivity index (χ3n) is 4.63. The number of carbonyl (C=O) groups is 2. The van der Waals surface area contributed by atoms with Gasteiger partial charge in [-0.3, -0.25) is 4.79 Å². The Morgan fingerprint density at radius 1 is 1.17 bits per heavy atom. The van der Waals surface area contributed by atoms with Crippen LogP contribution in [-0.4, -0.2) is 30.2 Å². The molecule has 0 aliphatic rings. The average Bonchev–Trinajstić information content (AvgIpc) is 3.35. The number of esters is 1. The number of furan rings is 1. The Hall–Kier alpha value is -3.74. The molecular weight excluding hydrogens is 384 g/mol. The molecule has 0 unspecified atom stereocenters. The highest BCUT2D eigenvalue weighted by Crippen LogP contribution is 2.23. The first-order chi connectivity index (χ1) is 14.5. The summed E-state index contributed by atoms with van der Waals surface area (Å²) in [5.41, 5.74) is 3.46. The summed E-state index contributed by atoms with van der Waals surface area (Å²) >= 11 is 0. The lowest BCUT2D eigenvalue weighted by atomic mass is 10.2. The Morgan fingerprint density at radius 3 is 2.70 bits per heavy atom. The number of methoxy groups -OCH3 is 1. The third-order valence-corrected chi connectivity index (χ3v) is 4.63. The van der Waals surface area contributed by atoms with Crippen LogP contribution in [0, 0.1) is 13.8 Å². The van der Waals surface area contributed by atoms with Gasteiger partial charge in [0.25, 0.3) is 5.91 Å². The molecule has 0 saturated heterocycles. The Bertz CT molecular complexity index is 1050. The number of nitrogens with one attached hydrogen (secondary N) is 1. The molecule has 0 spiro atoms. The molecule has 7 nitrogen and oxygen atoms in total. The van der Waals surface area contributed by atoms with Crippen LogP contribution in [-0.2, 0) is 20.9 Å². The van der Waals surface area contributed by atoms with Crippen molar-refractivity contribution >= 4 is 23.6 Å². The number of rotatable bonds is 8. The summed E-state index contributed by atoms with van der Waals surface area (Å²) in [6.45, 7) is 4.19. The molecule has 0 aliphatic carbocycles. The average molecular weight is 408 g/mol. The van der Waals surface area contributed by atoms with Crippen molar-refractivity contribution in [2.45, 2.75) is 20.4 Å². The maximum absolute atomic E-state index is 12.0. The molecule has 1 amide bonds. The summed E-state index contributed by atoms with van der Waals surface area (Å²) in [7, 11) is 1.52. The molecule has 7 heteroatoms. The summed E-state index contributed by atoms with van der Waals surface area (Å²) in [5.74, 6) is 0.341. The quantitative estimate of drug-likeness (QED) is 0.451. The van der Waals surface area contributed by atoms with Crippen LogP contribution in [0.3, 0.4) is 0 Å². The van der Waals surface area contributed by atoms with E-state index in [0.29, 0.717) is 18.0 Å². The molecule has 0 bridgehead atoms. The highest BCUT2D eigenvalue weighted by molar-refractivity contribution is 5.95. The van der Waals surface area contributed by atoms with E-state index in [1.807, 2.05) is 32.0 Å². The van der Waals surface area contributed by atoms with Crippen LogP contribution in [0.25, 0.3) is 6.08 Å². The molecule has 3 aromatic rings. The molecular formula is C23H24N2O5. The first-order valence-electron chi connectivity index (χ1n) is 9.44. The zero-order valence-corrected chi connectivity index (χ0v) is 17.2. The molecule has 0 atom stereocenters. The van der Waals surface area contributed by atoms with Gasteiger partial charge in [0.15, 0.2) is 6.61 Å². The lowest BCUT2D eigenvalue weighted by Crippen LogP contribution is -2.20. The van der Waals surface area contributed by atoms with Gasteiger partial charge in [-0.25, -0.2) is 4.79 Å². The van der Waals surface area contributed by atoms with E-state index in [9.17, 15) is 9.59 Å². The summed E-state index contributed by atoms with van der Waals surface area (Å²) in [6, 6.07) is 12.8. The minimum atomic E-state index is -0.596. The molecule has 3 rings (SSSR count). The van der Waals surface area contributed by atoms with Gasteiger partial charge in [0.2, 0.25) is 0 Å². The number of amides is 1. The highest BCUT2D eigenvalue weighted by Gasteiger charge is 2.11. The van der Waals surface area contributed by atoms with Gasteiger partial charge in [0, 0.05) is 17.5 Å². The number of para-hydroxylation sites is 2. The Kier molecular flexibility index (Phi) is 6.75. The van der Waals surface area contributed by atoms with Gasteiger partial charge >= 0.3 is 5.97 Å². The van der Waals surface area contributed by atoms with E-state index in [1.165, 1.54) is 13.2 Å². The molecule has 1 N–H and O–H groups in total. The van der Waals surface area contributed by atoms with E-state index in [4.69, 9.17) is 13.9 Å². The first-order valence-corrected chi connectivity index (χ1v) is 9.44. The lowest BCUT2D eigenvalue weighted by Gasteiger charge is -2.09. The van der Waals surface area contributed by atoms with E-state index in [0.717, 1.165) is 22.7 Å². The summed E-state index contributed by atoms with van der Waals surface area (Å²) in [5, 5.41) is 2.65. The van der Waals surface area contributed by atoms with E-state index in [1.54, 1.807) is 36.6 Å². The SMILES string of the molecule is COc1ccccc1NC(=O)COC(=O)/C=C/c1cc(C)n(Cc2ccco2)c1C. The number of hydrogen-bond donors (Lipinski definition) is 1. The molecule has 1 aromatic carbocycles. The number of carbonyl (C=O) groups excluding carboxylic acids is 2. The standard InChI is InChI=1S/C23H24N2O5/c1-16-13-18(17(2)25(16)14-19-7-6-12-29-19)10-11-23(27)30-15-22(26)24-20-8-4-5-9-21(20)28-3/h4-13H,14-15H2,1-3H3,(H,24,26)/b11-10+. The number of aromatic nitrogens is 1. The number of ether oxygens (including phenoxy) is 2. The Labute approximate surface area is 174 Å². The van der Waals surface area contributed by atoms with Crippen molar-refractivity contribution in [1.82, 2.24) is 4.57 Å². The van der Waals surface area contributed by atoms with E-state index in [2.05, 4.69) is 9.88 Å². The fourth-order valence-corrected chi connectivity index (χ4v) is 3.07. The summed E-state index contributed by atoms with van der Waals surface area (Å²) in [4.78, 5) is 24.1. The van der Waals surface area contributed by atoms with Gasteiger partial charge < -0.3 is 23.8 Å². The fourth-order valence-electron chi connectivity index (χ4n) is 3.07. The monoisotopic (exact) mass is 408 g/mol. The van der Waals surface area contributed by atoms with E-state index < -0.39 is 18.5 Å². The van der Waals surface area contributed by atoms with Crippen LogP contribution in [0.1, 0.15) is 22.7 Å². The van der Waals surface area contributed by atoms with Gasteiger partial charge in [-0.2, -0.15) is 0 Å². The van der Waals surface area contributed by atoms with E-state index in [-0.39, 0.29) is 0 Å². The molecule has 156 valence electrons. The third kappa shape index (κ3) is 5.20. The maximum atomic E-state index is 12.0. The molecule has 0 aliphatic heterocycles. The second kappa shape index (κ2) is 9.65. The predicted octanol–water partition coefficient (Wildman–Crippen LogP) is 3.95. The van der Waals surface area contributed by atoms with Gasteiger partial charge in [0.05, 0.1) is 25.6 Å². The largest absolute Gasteiger partial charge is 0.495 e. The smallest absolute Gasteiger partial charge is 0.331 e. The molecule has 0 radical (unpaired) electrons. The van der Waals surface area contributed by atoms with E-state index >= 15 is 0 Å². The Balaban J connectivity index is 1.55. The Morgan fingerprint density at radius 2 is 1.97 bits per heavy atom. The van der Waals surface area contributed by atoms with Crippen LogP contribution in [0.5, 0.6) is 5.75 Å². The first kappa shape index (κ1) is 21.0. The number of nitrogens with zero attached hydrogens (tertiary/aromatic N) is 1. The van der Waals surface area contributed by atoms with Crippen molar-refractivity contribution in [3.8, 4) is 5.75 Å². The molecule has 2 heterocycles. The van der Waals surface area contributed by atoms with Crippen molar-refractivity contribution < 1.29 is 23.5 Å². The number of hydrogen-bond acceptors (Lipinski definition) is 5. The van der Waals surface area contributed by atoms with Gasteiger partial charge in [0.1, 0.15) is 11.5 Å². The maximum Gasteiger partial charge on any atom is 0.331 e. The molecule has 30 heavy (non-hydrogen) atoms. The predicted molar refractivity (Wildman–Crippen MR) is 113 cm³/mol. The number of aryl methyl sites for hydroxylation is 1. The topological polar surface area (TPSA) is 82.7 Å². The minimum Gasteiger partial charge on any atom is -0.495 e. The van der Waals surface area contributed by atoms with Crippen molar-refractivity contribution in [2.24, 2.45) is 0 Å². The van der Waals surface area contributed by atoms with Crippen molar-refractivity contribution in [1.29, 1.82) is 0 Å². The normalized spacial score (nSPS) is 10.9. The fraction of sp³-hybridized carbons (Fsp3) is 0.217. The van der Waals surface area contributed by atoms with Crippen LogP contribution >= 0.6 is 0 Å². The number of benzene rings is 1. The minimum absolute atomic E-state index is 0.390. The number of anilines is 1. The lowest BCUT2D eigenvalue weighted by molar-refractivity contribution is -0.142. The van der Waals surface area contributed by atoms with Gasteiger partial charge in [-0.15, -0.1) is 0 Å². The van der Waals surface area contributed by atoms with Crippen LogP contribution in [0.4, 0.5) is 5.69 Å². The summed E-state index contributed by atoms with van der Waals surface area (Å²) < 4.78 is 17.7. The van der Waals surface area contributed by atoms with Crippen molar-refractivity contribution in [3.63, 3.8) is 0 Å². The van der Waals surface area contributed by atoms with Crippen molar-refractivity contribution in [3.05, 3.63) is 77.5 Å². The molecule has 0 saturated carbocycles. The van der Waals surface area contributed by atoms with Gasteiger partial charge in [-0.1, -0.05) is 12.1 Å². The van der Waals surface area contributed by atoms with Gasteiger partial charge in [-0.05, 0) is 55.8 Å². The van der Waals surface area contributed by atoms with Crippen molar-refractivity contribution in [2.75, 3.05) is 19.0 Å². The highest BCUT2D eigenvalue weighted by atomic mass is 16.5. The summed E-state index contributed by atoms with van der Waals surface area (Å²) in [6.07, 6.45) is 4.64. The zero-order valence-electron chi connectivity index (χ0n) is 17.2. The molecule has 2 aromatic heterocycles. The second-order valence-corrected chi connectivity index (χ2v) is 6.68. The van der Waals surface area contributed by atoms with Crippen LogP contribution < -0.4 is 10.1 Å². The van der Waals surface area contributed by atoms with Crippen LogP contribution in [0.15, 0.2) is 59.2 Å². The molecule has 0 fully saturated rings.